The minimum atomic E-state index is 0.284. The molecule has 0 saturated heterocycles. The molecule has 1 N–H and O–H groups in total. The van der Waals surface area contributed by atoms with Gasteiger partial charge < -0.3 is 14.8 Å². The van der Waals surface area contributed by atoms with Gasteiger partial charge in [0.25, 0.3) is 0 Å². The van der Waals surface area contributed by atoms with Crippen LogP contribution >= 0.6 is 15.9 Å². The van der Waals surface area contributed by atoms with Crippen molar-refractivity contribution in [2.24, 2.45) is 0 Å². The molecule has 0 fully saturated rings. The molecule has 0 amide bonds. The van der Waals surface area contributed by atoms with Gasteiger partial charge in [0, 0.05) is 17.8 Å². The highest BCUT2D eigenvalue weighted by Gasteiger charge is 2.09. The third kappa shape index (κ3) is 4.14. The van der Waals surface area contributed by atoms with Crippen molar-refractivity contribution in [2.75, 3.05) is 19.5 Å². The largest absolute Gasteiger partial charge is 0.496 e. The van der Waals surface area contributed by atoms with Gasteiger partial charge in [0.05, 0.1) is 18.7 Å². The van der Waals surface area contributed by atoms with Gasteiger partial charge in [-0.05, 0) is 53.0 Å². The van der Waals surface area contributed by atoms with Gasteiger partial charge in [-0.15, -0.1) is 0 Å². The molecule has 112 valence electrons. The van der Waals surface area contributed by atoms with Crippen molar-refractivity contribution in [1.29, 1.82) is 0 Å². The second-order valence-electron chi connectivity index (χ2n) is 4.91. The summed E-state index contributed by atoms with van der Waals surface area (Å²) in [5, 5.41) is 3.49. The van der Waals surface area contributed by atoms with Gasteiger partial charge in [-0.25, -0.2) is 0 Å². The summed E-state index contributed by atoms with van der Waals surface area (Å²) in [6.45, 7) is 2.15. The molecule has 2 aromatic rings. The Kier molecular flexibility index (Phi) is 5.51. The lowest BCUT2D eigenvalue weighted by molar-refractivity contribution is 0.408. The standard InChI is InChI=1S/C17H20BrNO2/c1-12(10-13-6-4-5-7-16(13)20-2)19-14-8-9-15(18)17(11-14)21-3/h4-9,11-12,19H,10H2,1-3H3. The lowest BCUT2D eigenvalue weighted by Crippen LogP contribution is -2.18. The molecule has 1 atom stereocenters. The number of hydrogen-bond acceptors (Lipinski definition) is 3. The number of rotatable bonds is 6. The Labute approximate surface area is 134 Å². The third-order valence-corrected chi connectivity index (χ3v) is 3.94. The van der Waals surface area contributed by atoms with E-state index in [1.807, 2.05) is 36.4 Å². The zero-order valence-corrected chi connectivity index (χ0v) is 14.1. The van der Waals surface area contributed by atoms with Crippen molar-refractivity contribution >= 4 is 21.6 Å². The molecule has 0 aromatic heterocycles. The summed E-state index contributed by atoms with van der Waals surface area (Å²) < 4.78 is 11.7. The van der Waals surface area contributed by atoms with Crippen LogP contribution in [0.15, 0.2) is 46.9 Å². The van der Waals surface area contributed by atoms with E-state index in [4.69, 9.17) is 9.47 Å². The maximum Gasteiger partial charge on any atom is 0.135 e. The number of methoxy groups -OCH3 is 2. The Morgan fingerprint density at radius 3 is 2.48 bits per heavy atom. The summed E-state index contributed by atoms with van der Waals surface area (Å²) in [6.07, 6.45) is 0.891. The lowest BCUT2D eigenvalue weighted by Gasteiger charge is -2.17. The summed E-state index contributed by atoms with van der Waals surface area (Å²) in [7, 11) is 3.37. The van der Waals surface area contributed by atoms with Crippen LogP contribution in [0.3, 0.4) is 0 Å². The fraction of sp³-hybridized carbons (Fsp3) is 0.294. The summed E-state index contributed by atoms with van der Waals surface area (Å²) in [6, 6.07) is 14.4. The molecule has 21 heavy (non-hydrogen) atoms. The van der Waals surface area contributed by atoms with E-state index >= 15 is 0 Å². The van der Waals surface area contributed by atoms with Crippen molar-refractivity contribution in [3.8, 4) is 11.5 Å². The molecule has 3 nitrogen and oxygen atoms in total. The van der Waals surface area contributed by atoms with Crippen LogP contribution in [0.25, 0.3) is 0 Å². The van der Waals surface area contributed by atoms with Crippen molar-refractivity contribution in [3.63, 3.8) is 0 Å². The van der Waals surface area contributed by atoms with Crippen LogP contribution in [0.5, 0.6) is 11.5 Å². The topological polar surface area (TPSA) is 30.5 Å². The molecule has 0 heterocycles. The molecule has 4 heteroatoms. The quantitative estimate of drug-likeness (QED) is 0.832. The third-order valence-electron chi connectivity index (χ3n) is 3.28. The van der Waals surface area contributed by atoms with Gasteiger partial charge in [0.2, 0.25) is 0 Å². The SMILES string of the molecule is COc1cc(NC(C)Cc2ccccc2OC)ccc1Br. The number of benzene rings is 2. The molecule has 1 unspecified atom stereocenters. The number of hydrogen-bond donors (Lipinski definition) is 1. The van der Waals surface area contributed by atoms with E-state index < -0.39 is 0 Å². The number of para-hydroxylation sites is 1. The molecular weight excluding hydrogens is 330 g/mol. The fourth-order valence-electron chi connectivity index (χ4n) is 2.29. The predicted molar refractivity (Wildman–Crippen MR) is 90.5 cm³/mol. The molecule has 0 spiro atoms. The van der Waals surface area contributed by atoms with E-state index in [0.717, 1.165) is 28.1 Å². The van der Waals surface area contributed by atoms with Gasteiger partial charge in [0.15, 0.2) is 0 Å². The Balaban J connectivity index is 2.06. The molecule has 2 rings (SSSR count). The lowest BCUT2D eigenvalue weighted by atomic mass is 10.1. The Bertz CT molecular complexity index is 601. The first-order valence-corrected chi connectivity index (χ1v) is 7.65. The molecule has 0 aliphatic heterocycles. The summed E-state index contributed by atoms with van der Waals surface area (Å²) in [5.74, 6) is 1.75. The molecule has 0 aliphatic carbocycles. The number of nitrogens with one attached hydrogen (secondary N) is 1. The average molecular weight is 350 g/mol. The van der Waals surface area contributed by atoms with E-state index in [9.17, 15) is 0 Å². The Morgan fingerprint density at radius 1 is 1.05 bits per heavy atom. The van der Waals surface area contributed by atoms with Crippen molar-refractivity contribution in [2.45, 2.75) is 19.4 Å². The highest BCUT2D eigenvalue weighted by molar-refractivity contribution is 9.10. The number of halogens is 1. The number of anilines is 1. The molecule has 0 aliphatic rings. The predicted octanol–water partition coefficient (Wildman–Crippen LogP) is 4.51. The van der Waals surface area contributed by atoms with Crippen molar-refractivity contribution in [1.82, 2.24) is 0 Å². The maximum absolute atomic E-state index is 5.39. The van der Waals surface area contributed by atoms with Gasteiger partial charge in [-0.3, -0.25) is 0 Å². The fourth-order valence-corrected chi connectivity index (χ4v) is 2.70. The summed E-state index contributed by atoms with van der Waals surface area (Å²) >= 11 is 3.46. The molecule has 2 aromatic carbocycles. The van der Waals surface area contributed by atoms with Crippen LogP contribution in [0.4, 0.5) is 5.69 Å². The average Bonchev–Trinajstić information content (AvgIpc) is 2.49. The first-order valence-electron chi connectivity index (χ1n) is 6.86. The van der Waals surface area contributed by atoms with Crippen LogP contribution in [0.2, 0.25) is 0 Å². The van der Waals surface area contributed by atoms with Gasteiger partial charge in [-0.2, -0.15) is 0 Å². The van der Waals surface area contributed by atoms with E-state index in [1.54, 1.807) is 14.2 Å². The Morgan fingerprint density at radius 2 is 1.76 bits per heavy atom. The summed E-state index contributed by atoms with van der Waals surface area (Å²) in [4.78, 5) is 0. The minimum absolute atomic E-state index is 0.284. The van der Waals surface area contributed by atoms with Crippen LogP contribution < -0.4 is 14.8 Å². The van der Waals surface area contributed by atoms with Gasteiger partial charge in [-0.1, -0.05) is 18.2 Å². The van der Waals surface area contributed by atoms with Crippen LogP contribution in [-0.4, -0.2) is 20.3 Å². The van der Waals surface area contributed by atoms with E-state index in [-0.39, 0.29) is 6.04 Å². The molecule has 0 radical (unpaired) electrons. The highest BCUT2D eigenvalue weighted by Crippen LogP contribution is 2.28. The second kappa shape index (κ2) is 7.36. The van der Waals surface area contributed by atoms with Crippen molar-refractivity contribution < 1.29 is 9.47 Å². The molecule has 0 saturated carbocycles. The molecule has 0 bridgehead atoms. The monoisotopic (exact) mass is 349 g/mol. The van der Waals surface area contributed by atoms with Gasteiger partial charge >= 0.3 is 0 Å². The Hall–Kier alpha value is -1.68. The molecular formula is C17H20BrNO2. The van der Waals surface area contributed by atoms with Crippen molar-refractivity contribution in [3.05, 3.63) is 52.5 Å². The van der Waals surface area contributed by atoms with Crippen LogP contribution in [0.1, 0.15) is 12.5 Å². The van der Waals surface area contributed by atoms with Crippen LogP contribution in [0, 0.1) is 0 Å². The number of ether oxygens (including phenoxy) is 2. The first kappa shape index (κ1) is 15.7. The van der Waals surface area contributed by atoms with Gasteiger partial charge in [0.1, 0.15) is 11.5 Å². The summed E-state index contributed by atoms with van der Waals surface area (Å²) in [5.41, 5.74) is 2.24. The normalized spacial score (nSPS) is 11.8. The van der Waals surface area contributed by atoms with E-state index in [0.29, 0.717) is 0 Å². The highest BCUT2D eigenvalue weighted by atomic mass is 79.9. The van der Waals surface area contributed by atoms with E-state index in [1.165, 1.54) is 5.56 Å². The zero-order chi connectivity index (χ0) is 15.2. The van der Waals surface area contributed by atoms with Crippen LogP contribution in [-0.2, 0) is 6.42 Å². The zero-order valence-electron chi connectivity index (χ0n) is 12.5. The minimum Gasteiger partial charge on any atom is -0.496 e. The second-order valence-corrected chi connectivity index (χ2v) is 5.77. The first-order chi connectivity index (χ1) is 10.1. The maximum atomic E-state index is 5.39. The smallest absolute Gasteiger partial charge is 0.135 e. The van der Waals surface area contributed by atoms with E-state index in [2.05, 4.69) is 34.2 Å².